The summed E-state index contributed by atoms with van der Waals surface area (Å²) < 4.78 is 5.44. The van der Waals surface area contributed by atoms with Gasteiger partial charge in [-0.3, -0.25) is 0 Å². The van der Waals surface area contributed by atoms with Crippen molar-refractivity contribution in [2.45, 2.75) is 57.7 Å². The lowest BCUT2D eigenvalue weighted by Gasteiger charge is -2.35. The number of carbonyl (C=O) groups excluding carboxylic acids is 1. The summed E-state index contributed by atoms with van der Waals surface area (Å²) >= 11 is 0. The lowest BCUT2D eigenvalue weighted by molar-refractivity contribution is 0.00857. The Morgan fingerprint density at radius 1 is 1.44 bits per heavy atom. The fraction of sp³-hybridized carbons (Fsp3) is 0.917. The first-order chi connectivity index (χ1) is 7.42. The van der Waals surface area contributed by atoms with Crippen LogP contribution < -0.4 is 5.73 Å². The molecule has 2 bridgehead atoms. The van der Waals surface area contributed by atoms with Crippen LogP contribution in [-0.2, 0) is 4.74 Å². The van der Waals surface area contributed by atoms with Crippen molar-refractivity contribution in [1.82, 2.24) is 4.90 Å². The fourth-order valence-electron chi connectivity index (χ4n) is 3.00. The molecular formula is C12H22N2O2. The summed E-state index contributed by atoms with van der Waals surface area (Å²) in [7, 11) is 0. The molecule has 1 saturated heterocycles. The van der Waals surface area contributed by atoms with E-state index in [1.54, 1.807) is 0 Å². The predicted octanol–water partition coefficient (Wildman–Crippen LogP) is 1.73. The van der Waals surface area contributed by atoms with Gasteiger partial charge >= 0.3 is 6.09 Å². The number of nitrogens with zero attached hydrogens (tertiary/aromatic N) is 1. The van der Waals surface area contributed by atoms with Gasteiger partial charge in [0.1, 0.15) is 5.60 Å². The Kier molecular flexibility index (Phi) is 2.86. The van der Waals surface area contributed by atoms with Crippen LogP contribution in [0, 0.1) is 5.92 Å². The van der Waals surface area contributed by atoms with Crippen molar-refractivity contribution < 1.29 is 9.53 Å². The van der Waals surface area contributed by atoms with Crippen molar-refractivity contribution in [1.29, 1.82) is 0 Å². The molecular weight excluding hydrogens is 204 g/mol. The molecule has 0 aromatic carbocycles. The molecule has 2 aliphatic rings. The van der Waals surface area contributed by atoms with Crippen LogP contribution in [0.2, 0.25) is 0 Å². The molecule has 1 amide bonds. The molecule has 92 valence electrons. The molecule has 0 aromatic rings. The van der Waals surface area contributed by atoms with Gasteiger partial charge in [-0.1, -0.05) is 0 Å². The Morgan fingerprint density at radius 3 is 2.69 bits per heavy atom. The van der Waals surface area contributed by atoms with Gasteiger partial charge in [-0.15, -0.1) is 0 Å². The summed E-state index contributed by atoms with van der Waals surface area (Å²) in [4.78, 5) is 14.0. The van der Waals surface area contributed by atoms with Gasteiger partial charge in [-0.25, -0.2) is 4.79 Å². The van der Waals surface area contributed by atoms with Crippen LogP contribution >= 0.6 is 0 Å². The van der Waals surface area contributed by atoms with Crippen LogP contribution in [0.3, 0.4) is 0 Å². The normalized spacial score (nSPS) is 33.2. The van der Waals surface area contributed by atoms with Crippen LogP contribution in [0.4, 0.5) is 4.79 Å². The van der Waals surface area contributed by atoms with E-state index in [0.717, 1.165) is 12.8 Å². The molecule has 0 radical (unpaired) electrons. The maximum absolute atomic E-state index is 12.1. The number of hydrogen-bond acceptors (Lipinski definition) is 3. The number of hydrogen-bond donors (Lipinski definition) is 1. The SMILES string of the molecule is CC(C)(C)OC(=O)N1[C@H]2CC[C@@H](C2)[C@H]1CN. The second kappa shape index (κ2) is 3.91. The lowest BCUT2D eigenvalue weighted by atomic mass is 9.99. The van der Waals surface area contributed by atoms with Crippen molar-refractivity contribution in [3.63, 3.8) is 0 Å². The molecule has 1 heterocycles. The lowest BCUT2D eigenvalue weighted by Crippen LogP contribution is -2.50. The van der Waals surface area contributed by atoms with E-state index in [9.17, 15) is 4.79 Å². The average molecular weight is 226 g/mol. The number of rotatable bonds is 1. The van der Waals surface area contributed by atoms with Gasteiger partial charge in [-0.2, -0.15) is 0 Å². The minimum Gasteiger partial charge on any atom is -0.444 e. The number of likely N-dealkylation sites (tertiary alicyclic amines) is 1. The van der Waals surface area contributed by atoms with E-state index >= 15 is 0 Å². The number of amides is 1. The van der Waals surface area contributed by atoms with E-state index in [4.69, 9.17) is 10.5 Å². The van der Waals surface area contributed by atoms with Gasteiger partial charge < -0.3 is 15.4 Å². The van der Waals surface area contributed by atoms with Crippen molar-refractivity contribution in [2.75, 3.05) is 6.54 Å². The highest BCUT2D eigenvalue weighted by Crippen LogP contribution is 2.42. The van der Waals surface area contributed by atoms with Crippen molar-refractivity contribution in [2.24, 2.45) is 11.7 Å². The second-order valence-corrected chi connectivity index (χ2v) is 5.92. The Hall–Kier alpha value is -0.770. The minimum atomic E-state index is -0.419. The highest BCUT2D eigenvalue weighted by atomic mass is 16.6. The Labute approximate surface area is 97.1 Å². The standard InChI is InChI=1S/C12H22N2O2/c1-12(2,3)16-11(15)14-9-5-4-8(6-9)10(14)7-13/h8-10H,4-7,13H2,1-3H3/t8-,9-,10+/m0/s1. The second-order valence-electron chi connectivity index (χ2n) is 5.92. The largest absolute Gasteiger partial charge is 0.444 e. The van der Waals surface area contributed by atoms with Crippen molar-refractivity contribution in [3.05, 3.63) is 0 Å². The zero-order valence-electron chi connectivity index (χ0n) is 10.4. The summed E-state index contributed by atoms with van der Waals surface area (Å²) in [5.41, 5.74) is 5.34. The van der Waals surface area contributed by atoms with Crippen molar-refractivity contribution >= 4 is 6.09 Å². The quantitative estimate of drug-likeness (QED) is 0.741. The molecule has 4 heteroatoms. The molecule has 0 unspecified atom stereocenters. The van der Waals surface area contributed by atoms with Crippen LogP contribution in [0.1, 0.15) is 40.0 Å². The molecule has 1 aliphatic heterocycles. The van der Waals surface area contributed by atoms with Gasteiger partial charge in [0.15, 0.2) is 0 Å². The molecule has 4 nitrogen and oxygen atoms in total. The summed E-state index contributed by atoms with van der Waals surface area (Å²) in [6.07, 6.45) is 3.25. The number of piperidine rings is 1. The van der Waals surface area contributed by atoms with Gasteiger partial charge in [0.25, 0.3) is 0 Å². The molecule has 1 saturated carbocycles. The third-order valence-electron chi connectivity index (χ3n) is 3.59. The summed E-state index contributed by atoms with van der Waals surface area (Å²) in [6, 6.07) is 0.571. The van der Waals surface area contributed by atoms with Crippen LogP contribution in [0.5, 0.6) is 0 Å². The topological polar surface area (TPSA) is 55.6 Å². The monoisotopic (exact) mass is 226 g/mol. The van der Waals surface area contributed by atoms with Crippen LogP contribution in [0.15, 0.2) is 0 Å². The first kappa shape index (κ1) is 11.7. The zero-order chi connectivity index (χ0) is 11.9. The molecule has 2 fully saturated rings. The average Bonchev–Trinajstić information content (AvgIpc) is 2.72. The van der Waals surface area contributed by atoms with Gasteiger partial charge in [0, 0.05) is 12.6 Å². The molecule has 2 N–H and O–H groups in total. The molecule has 3 atom stereocenters. The van der Waals surface area contributed by atoms with Gasteiger partial charge in [-0.05, 0) is 46.0 Å². The summed E-state index contributed by atoms with van der Waals surface area (Å²) in [6.45, 7) is 6.25. The van der Waals surface area contributed by atoms with E-state index in [-0.39, 0.29) is 12.1 Å². The summed E-state index contributed by atoms with van der Waals surface area (Å²) in [5.74, 6) is 0.600. The number of ether oxygens (including phenoxy) is 1. The van der Waals surface area contributed by atoms with Gasteiger partial charge in [0.2, 0.25) is 0 Å². The highest BCUT2D eigenvalue weighted by Gasteiger charge is 2.48. The zero-order valence-corrected chi connectivity index (χ0v) is 10.4. The fourth-order valence-corrected chi connectivity index (χ4v) is 3.00. The minimum absolute atomic E-state index is 0.185. The Morgan fingerprint density at radius 2 is 2.12 bits per heavy atom. The first-order valence-corrected chi connectivity index (χ1v) is 6.14. The number of nitrogens with two attached hydrogens (primary N) is 1. The van der Waals surface area contributed by atoms with E-state index in [2.05, 4.69) is 0 Å². The third-order valence-corrected chi connectivity index (χ3v) is 3.59. The highest BCUT2D eigenvalue weighted by molar-refractivity contribution is 5.69. The Bertz CT molecular complexity index is 285. The van der Waals surface area contributed by atoms with E-state index < -0.39 is 5.60 Å². The Balaban J connectivity index is 2.06. The molecule has 2 rings (SSSR count). The number of carbonyl (C=O) groups is 1. The third kappa shape index (κ3) is 2.03. The predicted molar refractivity (Wildman–Crippen MR) is 62.0 cm³/mol. The molecule has 16 heavy (non-hydrogen) atoms. The number of fused-ring (bicyclic) bond motifs is 2. The molecule has 0 aromatic heterocycles. The van der Waals surface area contributed by atoms with E-state index in [1.165, 1.54) is 6.42 Å². The maximum atomic E-state index is 12.1. The van der Waals surface area contributed by atoms with Crippen molar-refractivity contribution in [3.8, 4) is 0 Å². The summed E-state index contributed by atoms with van der Waals surface area (Å²) in [5, 5.41) is 0. The van der Waals surface area contributed by atoms with Crippen LogP contribution in [0.25, 0.3) is 0 Å². The van der Waals surface area contributed by atoms with E-state index in [1.807, 2.05) is 25.7 Å². The van der Waals surface area contributed by atoms with E-state index in [0.29, 0.717) is 18.5 Å². The maximum Gasteiger partial charge on any atom is 0.410 e. The molecule has 1 aliphatic carbocycles. The molecule has 0 spiro atoms. The first-order valence-electron chi connectivity index (χ1n) is 6.14. The van der Waals surface area contributed by atoms with Gasteiger partial charge in [0.05, 0.1) is 6.04 Å². The smallest absolute Gasteiger partial charge is 0.410 e. The van der Waals surface area contributed by atoms with Crippen LogP contribution in [-0.4, -0.2) is 35.2 Å².